The molecule has 2 rings (SSSR count). The van der Waals surface area contributed by atoms with E-state index in [2.05, 4.69) is 6.92 Å². The molecule has 1 heterocycles. The number of Topliss-reactive ketones (excluding diaryl/α,β-unsaturated/α-hetero) is 3. The molecule has 2 amide bonds. The van der Waals surface area contributed by atoms with Crippen LogP contribution in [0.25, 0.3) is 0 Å². The highest BCUT2D eigenvalue weighted by Crippen LogP contribution is 2.35. The first-order valence-electron chi connectivity index (χ1n) is 11.0. The van der Waals surface area contributed by atoms with E-state index in [0.29, 0.717) is 25.7 Å². The van der Waals surface area contributed by atoms with E-state index in [1.165, 1.54) is 0 Å². The minimum atomic E-state index is -1.36. The Balaban J connectivity index is 1.95. The Labute approximate surface area is 173 Å². The van der Waals surface area contributed by atoms with Crippen molar-refractivity contribution in [2.24, 2.45) is 17.8 Å². The van der Waals surface area contributed by atoms with E-state index < -0.39 is 23.4 Å². The summed E-state index contributed by atoms with van der Waals surface area (Å²) in [6.07, 6.45) is 10.4. The van der Waals surface area contributed by atoms with Crippen LogP contribution in [0.2, 0.25) is 0 Å². The van der Waals surface area contributed by atoms with Crippen LogP contribution in [0.4, 0.5) is 0 Å². The average Bonchev–Trinajstić information content (AvgIpc) is 3.18. The van der Waals surface area contributed by atoms with Crippen molar-refractivity contribution in [3.05, 3.63) is 12.2 Å². The summed E-state index contributed by atoms with van der Waals surface area (Å²) in [6, 6.07) is 0. The van der Waals surface area contributed by atoms with E-state index in [0.717, 1.165) is 30.6 Å². The van der Waals surface area contributed by atoms with Crippen LogP contribution in [0.15, 0.2) is 12.2 Å². The van der Waals surface area contributed by atoms with Gasteiger partial charge in [-0.15, -0.1) is 0 Å². The van der Waals surface area contributed by atoms with Crippen molar-refractivity contribution in [3.8, 4) is 0 Å². The van der Waals surface area contributed by atoms with Crippen molar-refractivity contribution in [2.75, 3.05) is 6.54 Å². The van der Waals surface area contributed by atoms with Crippen LogP contribution < -0.4 is 0 Å². The zero-order chi connectivity index (χ0) is 21.4. The monoisotopic (exact) mass is 403 g/mol. The summed E-state index contributed by atoms with van der Waals surface area (Å²) in [5, 5.41) is 0. The van der Waals surface area contributed by atoms with Gasteiger partial charge in [0.25, 0.3) is 0 Å². The Kier molecular flexibility index (Phi) is 8.93. The molecule has 6 heteroatoms. The van der Waals surface area contributed by atoms with Crippen LogP contribution in [0.5, 0.6) is 0 Å². The van der Waals surface area contributed by atoms with Gasteiger partial charge in [0.15, 0.2) is 17.5 Å². The molecule has 2 fully saturated rings. The lowest BCUT2D eigenvalue weighted by molar-refractivity contribution is -0.145. The number of rotatable bonds is 11. The molecule has 1 unspecified atom stereocenters. The Morgan fingerprint density at radius 3 is 2.48 bits per heavy atom. The number of imide groups is 1. The molecule has 0 spiro atoms. The summed E-state index contributed by atoms with van der Waals surface area (Å²) in [7, 11) is 0. The number of allylic oxidation sites excluding steroid dienone is 2. The van der Waals surface area contributed by atoms with Gasteiger partial charge < -0.3 is 0 Å². The van der Waals surface area contributed by atoms with E-state index >= 15 is 0 Å². The fourth-order valence-electron chi connectivity index (χ4n) is 4.32. The molecular weight excluding hydrogens is 370 g/mol. The smallest absolute Gasteiger partial charge is 0.247 e. The number of ketones is 3. The van der Waals surface area contributed by atoms with Gasteiger partial charge in [0.2, 0.25) is 11.8 Å². The van der Waals surface area contributed by atoms with Crippen LogP contribution in [-0.2, 0) is 24.0 Å². The minimum absolute atomic E-state index is 0.0526. The second-order valence-corrected chi connectivity index (χ2v) is 8.19. The van der Waals surface area contributed by atoms with Gasteiger partial charge in [-0.1, -0.05) is 45.3 Å². The highest BCUT2D eigenvalue weighted by molar-refractivity contribution is 6.26. The average molecular weight is 404 g/mol. The Hall–Kier alpha value is -2.11. The molecule has 0 aromatic rings. The Morgan fingerprint density at radius 2 is 1.79 bits per heavy atom. The lowest BCUT2D eigenvalue weighted by atomic mass is 9.84. The molecule has 2 aliphatic rings. The normalized spacial score (nSPS) is 24.8. The van der Waals surface area contributed by atoms with Gasteiger partial charge in [-0.2, -0.15) is 0 Å². The van der Waals surface area contributed by atoms with Crippen molar-refractivity contribution < 1.29 is 24.0 Å². The van der Waals surface area contributed by atoms with Gasteiger partial charge in [-0.25, -0.2) is 0 Å². The standard InChI is InChI=1S/C23H33NO5/c1-3-5-7-9-11-21(28)24-15-20(27)22(23(24)29)19(26)14-16-12-13-18(25)17(16)10-8-6-4-2/h6,8,16-17,22H,3-5,7,9-15H2,1-2H3/b8-6-/t16-,17-,22?/m0/s1. The van der Waals surface area contributed by atoms with Crippen LogP contribution in [-0.4, -0.2) is 40.6 Å². The van der Waals surface area contributed by atoms with Gasteiger partial charge in [0.1, 0.15) is 5.78 Å². The fraction of sp³-hybridized carbons (Fsp3) is 0.696. The molecule has 0 radical (unpaired) electrons. The summed E-state index contributed by atoms with van der Waals surface area (Å²) < 4.78 is 0. The van der Waals surface area contributed by atoms with Gasteiger partial charge in [0, 0.05) is 25.2 Å². The first-order valence-corrected chi connectivity index (χ1v) is 11.0. The van der Waals surface area contributed by atoms with Crippen molar-refractivity contribution in [2.45, 2.75) is 78.1 Å². The maximum atomic E-state index is 12.8. The van der Waals surface area contributed by atoms with Crippen LogP contribution >= 0.6 is 0 Å². The van der Waals surface area contributed by atoms with Gasteiger partial charge in [-0.3, -0.25) is 28.9 Å². The zero-order valence-electron chi connectivity index (χ0n) is 17.7. The predicted octanol–water partition coefficient (Wildman–Crippen LogP) is 3.42. The number of amides is 2. The zero-order valence-corrected chi connectivity index (χ0v) is 17.7. The number of likely N-dealkylation sites (tertiary alicyclic amines) is 1. The van der Waals surface area contributed by atoms with Crippen molar-refractivity contribution in [3.63, 3.8) is 0 Å². The first kappa shape index (κ1) is 23.2. The maximum absolute atomic E-state index is 12.8. The lowest BCUT2D eigenvalue weighted by Gasteiger charge is -2.18. The van der Waals surface area contributed by atoms with E-state index in [-0.39, 0.29) is 42.9 Å². The minimum Gasteiger partial charge on any atom is -0.299 e. The molecule has 29 heavy (non-hydrogen) atoms. The van der Waals surface area contributed by atoms with E-state index in [9.17, 15) is 24.0 Å². The Bertz CT molecular complexity index is 681. The van der Waals surface area contributed by atoms with E-state index in [1.807, 2.05) is 19.1 Å². The van der Waals surface area contributed by atoms with Gasteiger partial charge >= 0.3 is 0 Å². The molecule has 1 aliphatic carbocycles. The SMILES string of the molecule is CC/C=C\C[C@@H]1C(=O)CC[C@H]1CC(=O)C1C(=O)CN(C(=O)CCCCCC)C1=O. The van der Waals surface area contributed by atoms with Crippen molar-refractivity contribution in [1.29, 1.82) is 0 Å². The molecular formula is C23H33NO5. The molecule has 6 nitrogen and oxygen atoms in total. The van der Waals surface area contributed by atoms with Crippen LogP contribution in [0, 0.1) is 17.8 Å². The number of hydrogen-bond donors (Lipinski definition) is 0. The predicted molar refractivity (Wildman–Crippen MR) is 109 cm³/mol. The summed E-state index contributed by atoms with van der Waals surface area (Å²) in [5.41, 5.74) is 0. The molecule has 1 saturated carbocycles. The molecule has 3 atom stereocenters. The van der Waals surface area contributed by atoms with Crippen LogP contribution in [0.1, 0.15) is 78.1 Å². The molecule has 160 valence electrons. The second kappa shape index (κ2) is 11.2. The van der Waals surface area contributed by atoms with E-state index in [1.54, 1.807) is 0 Å². The summed E-state index contributed by atoms with van der Waals surface area (Å²) >= 11 is 0. The highest BCUT2D eigenvalue weighted by atomic mass is 16.2. The van der Waals surface area contributed by atoms with Crippen LogP contribution in [0.3, 0.4) is 0 Å². The first-order chi connectivity index (χ1) is 13.9. The number of hydrogen-bond acceptors (Lipinski definition) is 5. The topological polar surface area (TPSA) is 88.6 Å². The largest absolute Gasteiger partial charge is 0.299 e. The molecule has 1 aliphatic heterocycles. The third-order valence-corrected chi connectivity index (χ3v) is 6.02. The summed E-state index contributed by atoms with van der Waals surface area (Å²) in [4.78, 5) is 63.1. The number of unbranched alkanes of at least 4 members (excludes halogenated alkanes) is 3. The maximum Gasteiger partial charge on any atom is 0.247 e. The lowest BCUT2D eigenvalue weighted by Crippen LogP contribution is -2.36. The molecule has 1 saturated heterocycles. The summed E-state index contributed by atoms with van der Waals surface area (Å²) in [5.74, 6) is -3.53. The molecule has 0 aromatic heterocycles. The fourth-order valence-corrected chi connectivity index (χ4v) is 4.32. The van der Waals surface area contributed by atoms with Crippen molar-refractivity contribution in [1.82, 2.24) is 4.90 Å². The third-order valence-electron chi connectivity index (χ3n) is 6.02. The Morgan fingerprint density at radius 1 is 1.03 bits per heavy atom. The van der Waals surface area contributed by atoms with Gasteiger partial charge in [0.05, 0.1) is 6.54 Å². The number of carbonyl (C=O) groups excluding carboxylic acids is 5. The van der Waals surface area contributed by atoms with Gasteiger partial charge in [-0.05, 0) is 31.6 Å². The quantitative estimate of drug-likeness (QED) is 0.300. The number of nitrogens with zero attached hydrogens (tertiary/aromatic N) is 1. The molecule has 0 N–H and O–H groups in total. The van der Waals surface area contributed by atoms with Crippen molar-refractivity contribution >= 4 is 29.2 Å². The highest BCUT2D eigenvalue weighted by Gasteiger charge is 2.47. The van der Waals surface area contributed by atoms with E-state index in [4.69, 9.17) is 0 Å². The summed E-state index contributed by atoms with van der Waals surface area (Å²) in [6.45, 7) is 3.79. The molecule has 0 aromatic carbocycles. The second-order valence-electron chi connectivity index (χ2n) is 8.19. The third kappa shape index (κ3) is 5.94. The molecule has 0 bridgehead atoms. The number of carbonyl (C=O) groups is 5.